The molecule has 7 heteroatoms. The third-order valence-corrected chi connectivity index (χ3v) is 5.19. The molecule has 1 atom stereocenters. The predicted molar refractivity (Wildman–Crippen MR) is 108 cm³/mol. The summed E-state index contributed by atoms with van der Waals surface area (Å²) in [4.78, 5) is 23.9. The second-order valence-electron chi connectivity index (χ2n) is 6.64. The van der Waals surface area contributed by atoms with Gasteiger partial charge in [0.25, 0.3) is 5.91 Å². The Morgan fingerprint density at radius 2 is 1.86 bits per heavy atom. The summed E-state index contributed by atoms with van der Waals surface area (Å²) in [5.41, 5.74) is 3.49. The molecule has 28 heavy (non-hydrogen) atoms. The Morgan fingerprint density at radius 1 is 1.14 bits per heavy atom. The van der Waals surface area contributed by atoms with Gasteiger partial charge in [-0.05, 0) is 55.0 Å². The van der Waals surface area contributed by atoms with Crippen LogP contribution in [0.4, 0.5) is 5.69 Å². The van der Waals surface area contributed by atoms with Crippen LogP contribution in [-0.4, -0.2) is 21.5 Å². The highest BCUT2D eigenvalue weighted by Crippen LogP contribution is 2.27. The van der Waals surface area contributed by atoms with Gasteiger partial charge in [-0.15, -0.1) is 0 Å². The van der Waals surface area contributed by atoms with Crippen LogP contribution in [0.15, 0.2) is 59.1 Å². The van der Waals surface area contributed by atoms with Gasteiger partial charge >= 0.3 is 0 Å². The average Bonchev–Trinajstić information content (AvgIpc) is 3.12. The first-order valence-corrected chi connectivity index (χ1v) is 9.65. The van der Waals surface area contributed by atoms with E-state index >= 15 is 0 Å². The molecule has 1 aromatic heterocycles. The molecule has 6 nitrogen and oxygen atoms in total. The number of fused-ring (bicyclic) bond motifs is 1. The highest BCUT2D eigenvalue weighted by Gasteiger charge is 2.24. The van der Waals surface area contributed by atoms with Gasteiger partial charge < -0.3 is 10.1 Å². The van der Waals surface area contributed by atoms with Gasteiger partial charge in [0.05, 0.1) is 18.8 Å². The maximum absolute atomic E-state index is 12.5. The molecule has 1 amide bonds. The Balaban J connectivity index is 1.47. The molecule has 0 fully saturated rings. The number of carbonyl (C=O) groups is 2. The summed E-state index contributed by atoms with van der Waals surface area (Å²) in [7, 11) is 0. The number of amides is 1. The fraction of sp³-hybridized carbons (Fsp3) is 0.190. The van der Waals surface area contributed by atoms with Crippen LogP contribution in [0.25, 0.3) is 0 Å². The van der Waals surface area contributed by atoms with Gasteiger partial charge in [0.15, 0.2) is 11.5 Å². The third-order valence-electron chi connectivity index (χ3n) is 4.66. The minimum absolute atomic E-state index is 0.0139. The van der Waals surface area contributed by atoms with Crippen molar-refractivity contribution in [1.29, 1.82) is 0 Å². The summed E-state index contributed by atoms with van der Waals surface area (Å²) in [5.74, 6) is -0.308. The van der Waals surface area contributed by atoms with Crippen molar-refractivity contribution < 1.29 is 14.3 Å². The third kappa shape index (κ3) is 3.90. The fourth-order valence-corrected chi connectivity index (χ4v) is 3.36. The topological polar surface area (TPSA) is 73.2 Å². The number of rotatable bonds is 4. The Kier molecular flexibility index (Phi) is 5.11. The van der Waals surface area contributed by atoms with E-state index in [1.54, 1.807) is 30.3 Å². The Labute approximate surface area is 170 Å². The quantitative estimate of drug-likeness (QED) is 0.612. The van der Waals surface area contributed by atoms with Crippen molar-refractivity contribution in [2.75, 3.05) is 5.32 Å². The Bertz CT molecular complexity index is 1030. The van der Waals surface area contributed by atoms with Gasteiger partial charge in [0, 0.05) is 15.7 Å². The molecule has 4 rings (SSSR count). The number of hydrogen-bond donors (Lipinski definition) is 1. The van der Waals surface area contributed by atoms with E-state index in [1.807, 2.05) is 28.9 Å². The van der Waals surface area contributed by atoms with Gasteiger partial charge in [0.1, 0.15) is 6.10 Å². The standard InChI is InChI=1S/C21H18BrN3O3/c1-13(26)14-4-8-17(9-5-14)23-21(27)19-10-18-12-28-20(11-25(18)24-19)15-2-6-16(22)7-3-15/h2-10,20H,11-12H2,1H3,(H,23,27). The molecule has 3 aromatic rings. The highest BCUT2D eigenvalue weighted by molar-refractivity contribution is 9.10. The lowest BCUT2D eigenvalue weighted by Gasteiger charge is -2.24. The zero-order chi connectivity index (χ0) is 19.7. The first kappa shape index (κ1) is 18.6. The van der Waals surface area contributed by atoms with Crippen molar-refractivity contribution in [3.05, 3.63) is 81.6 Å². The molecule has 0 saturated carbocycles. The number of hydrogen-bond acceptors (Lipinski definition) is 4. The van der Waals surface area contributed by atoms with Gasteiger partial charge in [-0.1, -0.05) is 28.1 Å². The molecule has 2 aromatic carbocycles. The van der Waals surface area contributed by atoms with Crippen molar-refractivity contribution in [3.8, 4) is 0 Å². The van der Waals surface area contributed by atoms with Crippen molar-refractivity contribution in [2.24, 2.45) is 0 Å². The van der Waals surface area contributed by atoms with E-state index in [0.717, 1.165) is 15.7 Å². The molecule has 2 heterocycles. The van der Waals surface area contributed by atoms with Crippen LogP contribution < -0.4 is 5.32 Å². The van der Waals surface area contributed by atoms with E-state index < -0.39 is 0 Å². The van der Waals surface area contributed by atoms with E-state index in [-0.39, 0.29) is 17.8 Å². The van der Waals surface area contributed by atoms with E-state index in [9.17, 15) is 9.59 Å². The zero-order valence-electron chi connectivity index (χ0n) is 15.2. The molecule has 142 valence electrons. The van der Waals surface area contributed by atoms with Crippen LogP contribution in [0, 0.1) is 0 Å². The number of aromatic nitrogens is 2. The minimum Gasteiger partial charge on any atom is -0.365 e. The number of nitrogens with zero attached hydrogens (tertiary/aromatic N) is 2. The lowest BCUT2D eigenvalue weighted by atomic mass is 10.1. The van der Waals surface area contributed by atoms with Gasteiger partial charge in [-0.2, -0.15) is 5.10 Å². The Hall–Kier alpha value is -2.77. The summed E-state index contributed by atoms with van der Waals surface area (Å²) in [6, 6.07) is 16.5. The molecule has 1 aliphatic heterocycles. The SMILES string of the molecule is CC(=O)c1ccc(NC(=O)c2cc3n(n2)CC(c2ccc(Br)cc2)OC3)cc1. The number of anilines is 1. The number of benzene rings is 2. The van der Waals surface area contributed by atoms with Crippen molar-refractivity contribution >= 4 is 33.3 Å². The number of ether oxygens (including phenoxy) is 1. The summed E-state index contributed by atoms with van der Waals surface area (Å²) >= 11 is 3.43. The smallest absolute Gasteiger partial charge is 0.276 e. The molecule has 1 unspecified atom stereocenters. The van der Waals surface area contributed by atoms with E-state index in [2.05, 4.69) is 26.3 Å². The largest absolute Gasteiger partial charge is 0.365 e. The monoisotopic (exact) mass is 439 g/mol. The minimum atomic E-state index is -0.294. The van der Waals surface area contributed by atoms with Gasteiger partial charge in [0.2, 0.25) is 0 Å². The molecule has 0 spiro atoms. The normalized spacial score (nSPS) is 15.7. The number of carbonyl (C=O) groups excluding carboxylic acids is 2. The van der Waals surface area contributed by atoms with Crippen LogP contribution in [0.2, 0.25) is 0 Å². The van der Waals surface area contributed by atoms with Crippen LogP contribution in [0.1, 0.15) is 45.1 Å². The maximum Gasteiger partial charge on any atom is 0.276 e. The maximum atomic E-state index is 12.5. The predicted octanol–water partition coefficient (Wildman–Crippen LogP) is 4.37. The van der Waals surface area contributed by atoms with Gasteiger partial charge in [-0.25, -0.2) is 0 Å². The molecule has 1 N–H and O–H groups in total. The van der Waals surface area contributed by atoms with E-state index in [1.165, 1.54) is 6.92 Å². The lowest BCUT2D eigenvalue weighted by Crippen LogP contribution is -2.22. The molecule has 0 radical (unpaired) electrons. The van der Waals surface area contributed by atoms with Crippen molar-refractivity contribution in [1.82, 2.24) is 9.78 Å². The van der Waals surface area contributed by atoms with E-state index in [0.29, 0.717) is 30.1 Å². The second kappa shape index (κ2) is 7.69. The fourth-order valence-electron chi connectivity index (χ4n) is 3.10. The number of ketones is 1. The van der Waals surface area contributed by atoms with Crippen molar-refractivity contribution in [3.63, 3.8) is 0 Å². The summed E-state index contributed by atoms with van der Waals surface area (Å²) in [5, 5.41) is 7.26. The van der Waals surface area contributed by atoms with Crippen LogP contribution in [0.3, 0.4) is 0 Å². The summed E-state index contributed by atoms with van der Waals surface area (Å²) in [6.45, 7) is 2.46. The van der Waals surface area contributed by atoms with Crippen LogP contribution in [-0.2, 0) is 17.9 Å². The molecule has 1 aliphatic rings. The number of nitrogens with one attached hydrogen (secondary N) is 1. The number of Topliss-reactive ketones (excluding diaryl/α,β-unsaturated/α-hetero) is 1. The first-order chi connectivity index (χ1) is 13.5. The molecule has 0 aliphatic carbocycles. The summed E-state index contributed by atoms with van der Waals surface area (Å²) in [6.07, 6.45) is -0.101. The average molecular weight is 440 g/mol. The molecule has 0 saturated heterocycles. The van der Waals surface area contributed by atoms with Gasteiger partial charge in [-0.3, -0.25) is 14.3 Å². The molecular weight excluding hydrogens is 422 g/mol. The summed E-state index contributed by atoms with van der Waals surface area (Å²) < 4.78 is 8.78. The highest BCUT2D eigenvalue weighted by atomic mass is 79.9. The van der Waals surface area contributed by atoms with Crippen molar-refractivity contribution in [2.45, 2.75) is 26.2 Å². The molecular formula is C21H18BrN3O3. The van der Waals surface area contributed by atoms with E-state index in [4.69, 9.17) is 4.74 Å². The first-order valence-electron chi connectivity index (χ1n) is 8.86. The second-order valence-corrected chi connectivity index (χ2v) is 7.56. The molecule has 0 bridgehead atoms. The van der Waals surface area contributed by atoms with Crippen LogP contribution in [0.5, 0.6) is 0 Å². The Morgan fingerprint density at radius 3 is 2.54 bits per heavy atom. The number of halogens is 1. The van der Waals surface area contributed by atoms with Crippen LogP contribution >= 0.6 is 15.9 Å². The zero-order valence-corrected chi connectivity index (χ0v) is 16.8. The lowest BCUT2D eigenvalue weighted by molar-refractivity contribution is -0.00119.